The number of nitrogens with zero attached hydrogens (tertiary/aromatic N) is 2. The maximum atomic E-state index is 12.8. The van der Waals surface area contributed by atoms with E-state index >= 15 is 0 Å². The van der Waals surface area contributed by atoms with E-state index in [4.69, 9.17) is 32.7 Å². The van der Waals surface area contributed by atoms with Gasteiger partial charge in [-0.1, -0.05) is 47.5 Å². The number of para-hydroxylation sites is 2. The minimum atomic E-state index is -0.784. The highest BCUT2D eigenvalue weighted by Crippen LogP contribution is 2.33. The Hall–Kier alpha value is -2.70. The van der Waals surface area contributed by atoms with Gasteiger partial charge < -0.3 is 14.8 Å². The molecule has 2 aromatic carbocycles. The van der Waals surface area contributed by atoms with Gasteiger partial charge in [0.25, 0.3) is 5.91 Å². The van der Waals surface area contributed by atoms with Crippen LogP contribution < -0.4 is 14.8 Å². The number of anilines is 1. The molecule has 1 aromatic heterocycles. The van der Waals surface area contributed by atoms with Crippen LogP contribution >= 0.6 is 23.2 Å². The van der Waals surface area contributed by atoms with E-state index in [2.05, 4.69) is 10.4 Å². The molecule has 0 radical (unpaired) electrons. The summed E-state index contributed by atoms with van der Waals surface area (Å²) in [5.41, 5.74) is 0.799. The molecule has 6 nitrogen and oxygen atoms in total. The smallest absolute Gasteiger partial charge is 0.270 e. The molecule has 0 unspecified atom stereocenters. The number of rotatable bonds is 4. The molecule has 0 saturated heterocycles. The largest absolute Gasteiger partial charge is 0.482 e. The molecule has 1 aliphatic rings. The summed E-state index contributed by atoms with van der Waals surface area (Å²) in [7, 11) is 0. The summed E-state index contributed by atoms with van der Waals surface area (Å²) in [6.07, 6.45) is 0.382. The van der Waals surface area contributed by atoms with Crippen molar-refractivity contribution in [3.05, 3.63) is 70.3 Å². The molecule has 3 aromatic rings. The van der Waals surface area contributed by atoms with Crippen molar-refractivity contribution in [1.82, 2.24) is 9.78 Å². The lowest BCUT2D eigenvalue weighted by atomic mass is 10.1. The third-order valence-electron chi connectivity index (χ3n) is 4.42. The molecule has 0 aliphatic carbocycles. The van der Waals surface area contributed by atoms with Crippen molar-refractivity contribution in [2.75, 3.05) is 5.32 Å². The lowest BCUT2D eigenvalue weighted by Crippen LogP contribution is -2.46. The molecular formula is C20H17Cl2N3O3. The normalized spacial score (nSPS) is 18.0. The summed E-state index contributed by atoms with van der Waals surface area (Å²) in [6.45, 7) is 2.16. The maximum absolute atomic E-state index is 12.8. The fraction of sp³-hybridized carbons (Fsp3) is 0.200. The van der Waals surface area contributed by atoms with Crippen LogP contribution in [0.1, 0.15) is 12.5 Å². The summed E-state index contributed by atoms with van der Waals surface area (Å²) in [6, 6.07) is 14.4. The number of ether oxygens (including phenoxy) is 2. The Morgan fingerprint density at radius 2 is 1.86 bits per heavy atom. The highest BCUT2D eigenvalue weighted by molar-refractivity contribution is 6.42. The van der Waals surface area contributed by atoms with Crippen LogP contribution in [0.25, 0.3) is 0 Å². The predicted octanol–water partition coefficient (Wildman–Crippen LogP) is 4.41. The molecule has 1 amide bonds. The van der Waals surface area contributed by atoms with Gasteiger partial charge in [0.2, 0.25) is 6.10 Å². The molecule has 2 heterocycles. The van der Waals surface area contributed by atoms with Crippen LogP contribution in [-0.4, -0.2) is 27.9 Å². The standard InChI is InChI=1S/C20H17Cl2N3O3/c1-12-19(28-16-8-3-2-7-15(16)27-12)20(26)24-17-9-10-23-25(17)11-13-5-4-6-14(21)18(13)22/h2-10,12,19H,11H2,1H3,(H,24,26)/t12-,19+/m0/s1. The summed E-state index contributed by atoms with van der Waals surface area (Å²) < 4.78 is 13.3. The topological polar surface area (TPSA) is 65.4 Å². The summed E-state index contributed by atoms with van der Waals surface area (Å²) in [4.78, 5) is 12.8. The third kappa shape index (κ3) is 3.66. The number of carbonyl (C=O) groups is 1. The molecule has 4 rings (SSSR count). The van der Waals surface area contributed by atoms with Crippen molar-refractivity contribution in [2.24, 2.45) is 0 Å². The number of hydrogen-bond donors (Lipinski definition) is 1. The van der Waals surface area contributed by atoms with E-state index in [0.29, 0.717) is 33.9 Å². The number of hydrogen-bond acceptors (Lipinski definition) is 4. The number of nitrogens with one attached hydrogen (secondary N) is 1. The second-order valence-electron chi connectivity index (χ2n) is 6.38. The third-order valence-corrected chi connectivity index (χ3v) is 5.28. The highest BCUT2D eigenvalue weighted by atomic mass is 35.5. The van der Waals surface area contributed by atoms with E-state index < -0.39 is 12.2 Å². The Morgan fingerprint density at radius 3 is 2.64 bits per heavy atom. The van der Waals surface area contributed by atoms with E-state index in [9.17, 15) is 4.79 Å². The van der Waals surface area contributed by atoms with Crippen molar-refractivity contribution >= 4 is 34.9 Å². The maximum Gasteiger partial charge on any atom is 0.270 e. The van der Waals surface area contributed by atoms with Gasteiger partial charge in [-0.05, 0) is 30.7 Å². The molecule has 0 fully saturated rings. The quantitative estimate of drug-likeness (QED) is 0.682. The average molecular weight is 418 g/mol. The number of benzene rings is 2. The minimum Gasteiger partial charge on any atom is -0.482 e. The van der Waals surface area contributed by atoms with Gasteiger partial charge in [-0.25, -0.2) is 4.68 Å². The Bertz CT molecular complexity index is 1020. The van der Waals surface area contributed by atoms with Crippen LogP contribution in [0.5, 0.6) is 11.5 Å². The SMILES string of the molecule is C[C@@H]1Oc2ccccc2O[C@H]1C(=O)Nc1ccnn1Cc1cccc(Cl)c1Cl. The molecule has 0 spiro atoms. The Balaban J connectivity index is 1.50. The molecular weight excluding hydrogens is 401 g/mol. The number of aromatic nitrogens is 2. The van der Waals surface area contributed by atoms with Gasteiger partial charge >= 0.3 is 0 Å². The second-order valence-corrected chi connectivity index (χ2v) is 7.17. The first-order valence-electron chi connectivity index (χ1n) is 8.71. The van der Waals surface area contributed by atoms with E-state index in [-0.39, 0.29) is 5.91 Å². The second kappa shape index (κ2) is 7.73. The Labute approximate surface area is 172 Å². The molecule has 1 aliphatic heterocycles. The Morgan fingerprint density at radius 1 is 1.11 bits per heavy atom. The monoisotopic (exact) mass is 417 g/mol. The number of fused-ring (bicyclic) bond motifs is 1. The Kier molecular flexibility index (Phi) is 5.15. The van der Waals surface area contributed by atoms with Crippen molar-refractivity contribution in [3.63, 3.8) is 0 Å². The summed E-state index contributed by atoms with van der Waals surface area (Å²) in [5.74, 6) is 1.37. The van der Waals surface area contributed by atoms with Gasteiger partial charge in [0, 0.05) is 6.07 Å². The van der Waals surface area contributed by atoms with Crippen LogP contribution in [0.15, 0.2) is 54.7 Å². The number of halogens is 2. The first-order chi connectivity index (χ1) is 13.5. The highest BCUT2D eigenvalue weighted by Gasteiger charge is 2.34. The number of carbonyl (C=O) groups excluding carboxylic acids is 1. The molecule has 0 bridgehead atoms. The average Bonchev–Trinajstić information content (AvgIpc) is 3.11. The fourth-order valence-electron chi connectivity index (χ4n) is 3.00. The molecule has 8 heteroatoms. The van der Waals surface area contributed by atoms with Crippen molar-refractivity contribution in [1.29, 1.82) is 0 Å². The minimum absolute atomic E-state index is 0.319. The van der Waals surface area contributed by atoms with Crippen molar-refractivity contribution in [2.45, 2.75) is 25.7 Å². The molecule has 28 heavy (non-hydrogen) atoms. The van der Waals surface area contributed by atoms with E-state index in [1.54, 1.807) is 36.0 Å². The molecule has 0 saturated carbocycles. The van der Waals surface area contributed by atoms with Crippen molar-refractivity contribution < 1.29 is 14.3 Å². The van der Waals surface area contributed by atoms with Gasteiger partial charge in [-0.2, -0.15) is 5.10 Å². The van der Waals surface area contributed by atoms with E-state index in [1.807, 2.05) is 30.3 Å². The lowest BCUT2D eigenvalue weighted by Gasteiger charge is -2.31. The van der Waals surface area contributed by atoms with Gasteiger partial charge in [-0.15, -0.1) is 0 Å². The molecule has 2 atom stereocenters. The zero-order valence-corrected chi connectivity index (χ0v) is 16.4. The van der Waals surface area contributed by atoms with E-state index in [0.717, 1.165) is 5.56 Å². The van der Waals surface area contributed by atoms with Gasteiger partial charge in [0.1, 0.15) is 11.9 Å². The van der Waals surface area contributed by atoms with Gasteiger partial charge in [0.15, 0.2) is 11.5 Å². The zero-order chi connectivity index (χ0) is 19.7. The zero-order valence-electron chi connectivity index (χ0n) is 14.9. The van der Waals surface area contributed by atoms with Crippen molar-refractivity contribution in [3.8, 4) is 11.5 Å². The van der Waals surface area contributed by atoms with Crippen LogP contribution in [0.3, 0.4) is 0 Å². The van der Waals surface area contributed by atoms with Crippen LogP contribution in [-0.2, 0) is 11.3 Å². The van der Waals surface area contributed by atoms with Crippen LogP contribution in [0, 0.1) is 0 Å². The summed E-state index contributed by atoms with van der Waals surface area (Å²) in [5, 5.41) is 8.05. The predicted molar refractivity (Wildman–Crippen MR) is 107 cm³/mol. The molecule has 144 valence electrons. The number of amides is 1. The first-order valence-corrected chi connectivity index (χ1v) is 9.46. The molecule has 1 N–H and O–H groups in total. The lowest BCUT2D eigenvalue weighted by molar-refractivity contribution is -0.128. The summed E-state index contributed by atoms with van der Waals surface area (Å²) >= 11 is 12.3. The van der Waals surface area contributed by atoms with Crippen LogP contribution in [0.2, 0.25) is 10.0 Å². The van der Waals surface area contributed by atoms with Crippen LogP contribution in [0.4, 0.5) is 5.82 Å². The van der Waals surface area contributed by atoms with Gasteiger partial charge in [0.05, 0.1) is 22.8 Å². The fourth-order valence-corrected chi connectivity index (χ4v) is 3.38. The van der Waals surface area contributed by atoms with E-state index in [1.165, 1.54) is 0 Å². The first kappa shape index (κ1) is 18.7. The van der Waals surface area contributed by atoms with Gasteiger partial charge in [-0.3, -0.25) is 4.79 Å².